The van der Waals surface area contributed by atoms with Gasteiger partial charge in [-0.25, -0.2) is 0 Å². The maximum absolute atomic E-state index is 5.53. The number of ether oxygens (including phenoxy) is 4. The predicted molar refractivity (Wildman–Crippen MR) is 71.2 cm³/mol. The highest BCUT2D eigenvalue weighted by molar-refractivity contribution is 4.99. The van der Waals surface area contributed by atoms with Crippen LogP contribution in [0.5, 0.6) is 0 Å². The Labute approximate surface area is 115 Å². The van der Waals surface area contributed by atoms with Gasteiger partial charge in [0.15, 0.2) is 0 Å². The van der Waals surface area contributed by atoms with Crippen molar-refractivity contribution < 1.29 is 18.9 Å². The molecule has 2 saturated heterocycles. The van der Waals surface area contributed by atoms with Crippen molar-refractivity contribution in [2.75, 3.05) is 79.0 Å². The zero-order chi connectivity index (χ0) is 13.4. The van der Waals surface area contributed by atoms with E-state index in [0.29, 0.717) is 45.0 Å². The highest BCUT2D eigenvalue weighted by Gasteiger charge is 2.48. The first kappa shape index (κ1) is 15.2. The van der Waals surface area contributed by atoms with Gasteiger partial charge in [-0.05, 0) is 0 Å². The molecule has 2 aliphatic rings. The van der Waals surface area contributed by atoms with E-state index in [-0.39, 0.29) is 0 Å². The van der Waals surface area contributed by atoms with Crippen molar-refractivity contribution in [3.8, 4) is 0 Å². The summed E-state index contributed by atoms with van der Waals surface area (Å²) in [6.45, 7) is 9.70. The van der Waals surface area contributed by atoms with Crippen LogP contribution in [0, 0.1) is 5.41 Å². The first-order valence-electron chi connectivity index (χ1n) is 7.08. The van der Waals surface area contributed by atoms with E-state index < -0.39 is 0 Å². The molecule has 0 aliphatic carbocycles. The smallest absolute Gasteiger partial charge is 0.0701 e. The Hall–Kier alpha value is -0.240. The minimum atomic E-state index is 0.507. The third-order valence-electron chi connectivity index (χ3n) is 3.49. The van der Waals surface area contributed by atoms with Crippen molar-refractivity contribution in [2.24, 2.45) is 11.1 Å². The van der Waals surface area contributed by atoms with Crippen molar-refractivity contribution >= 4 is 0 Å². The third-order valence-corrected chi connectivity index (χ3v) is 3.49. The van der Waals surface area contributed by atoms with E-state index in [1.54, 1.807) is 0 Å². The standard InChI is InChI=1S/C13H26N2O4/c14-1-3-16-5-7-18-8-6-17-4-2-15-9-13(10-15)11-19-12-13/h1-12,14H2. The van der Waals surface area contributed by atoms with E-state index in [9.17, 15) is 0 Å². The van der Waals surface area contributed by atoms with E-state index in [2.05, 4.69) is 4.90 Å². The molecule has 1 spiro atoms. The molecule has 0 saturated carbocycles. The summed E-state index contributed by atoms with van der Waals surface area (Å²) in [6, 6.07) is 0. The van der Waals surface area contributed by atoms with Crippen LogP contribution in [0.25, 0.3) is 0 Å². The van der Waals surface area contributed by atoms with Crippen molar-refractivity contribution in [1.29, 1.82) is 0 Å². The van der Waals surface area contributed by atoms with E-state index in [4.69, 9.17) is 24.7 Å². The molecule has 112 valence electrons. The van der Waals surface area contributed by atoms with Crippen molar-refractivity contribution in [1.82, 2.24) is 4.90 Å². The Morgan fingerprint density at radius 1 is 0.895 bits per heavy atom. The summed E-state index contributed by atoms with van der Waals surface area (Å²) in [4.78, 5) is 2.42. The van der Waals surface area contributed by atoms with Crippen LogP contribution < -0.4 is 5.73 Å². The monoisotopic (exact) mass is 274 g/mol. The normalized spacial score (nSPS) is 21.3. The Kier molecular flexibility index (Phi) is 6.49. The SMILES string of the molecule is NCCOCCOCCOCCN1CC2(COC2)C1. The van der Waals surface area contributed by atoms with Gasteiger partial charge in [-0.3, -0.25) is 4.90 Å². The van der Waals surface area contributed by atoms with Gasteiger partial charge in [0, 0.05) is 31.6 Å². The number of nitrogens with two attached hydrogens (primary N) is 1. The number of hydrogen-bond donors (Lipinski definition) is 1. The maximum atomic E-state index is 5.53. The fourth-order valence-corrected chi connectivity index (χ4v) is 2.45. The molecule has 0 amide bonds. The van der Waals surface area contributed by atoms with Crippen LogP contribution >= 0.6 is 0 Å². The topological polar surface area (TPSA) is 66.2 Å². The molecule has 0 aromatic rings. The first-order valence-corrected chi connectivity index (χ1v) is 7.08. The van der Waals surface area contributed by atoms with Crippen LogP contribution in [0.4, 0.5) is 0 Å². The molecule has 0 unspecified atom stereocenters. The maximum Gasteiger partial charge on any atom is 0.0701 e. The van der Waals surface area contributed by atoms with Crippen molar-refractivity contribution in [3.63, 3.8) is 0 Å². The Morgan fingerprint density at radius 2 is 1.47 bits per heavy atom. The van der Waals surface area contributed by atoms with Crippen LogP contribution in [-0.4, -0.2) is 83.9 Å². The van der Waals surface area contributed by atoms with Gasteiger partial charge in [0.2, 0.25) is 0 Å². The van der Waals surface area contributed by atoms with E-state index in [0.717, 1.165) is 26.4 Å². The molecular formula is C13H26N2O4. The zero-order valence-electron chi connectivity index (χ0n) is 11.6. The molecule has 0 aromatic carbocycles. The molecule has 2 rings (SSSR count). The summed E-state index contributed by atoms with van der Waals surface area (Å²) in [5.41, 5.74) is 5.80. The van der Waals surface area contributed by atoms with E-state index in [1.807, 2.05) is 0 Å². The van der Waals surface area contributed by atoms with Crippen LogP contribution in [0.2, 0.25) is 0 Å². The third kappa shape index (κ3) is 4.98. The molecule has 0 atom stereocenters. The number of rotatable bonds is 11. The predicted octanol–water partition coefficient (Wildman–Crippen LogP) is -0.673. The summed E-state index contributed by atoms with van der Waals surface area (Å²) in [7, 11) is 0. The Bertz CT molecular complexity index is 241. The number of nitrogens with zero attached hydrogens (tertiary/aromatic N) is 1. The van der Waals surface area contributed by atoms with Crippen molar-refractivity contribution in [2.45, 2.75) is 0 Å². The molecule has 2 aliphatic heterocycles. The highest BCUT2D eigenvalue weighted by atomic mass is 16.5. The van der Waals surface area contributed by atoms with Gasteiger partial charge in [-0.1, -0.05) is 0 Å². The molecule has 2 fully saturated rings. The van der Waals surface area contributed by atoms with Crippen molar-refractivity contribution in [3.05, 3.63) is 0 Å². The minimum Gasteiger partial charge on any atom is -0.380 e. The largest absolute Gasteiger partial charge is 0.380 e. The molecule has 0 bridgehead atoms. The van der Waals surface area contributed by atoms with Crippen LogP contribution in [-0.2, 0) is 18.9 Å². The molecule has 19 heavy (non-hydrogen) atoms. The summed E-state index contributed by atoms with van der Waals surface area (Å²) < 4.78 is 21.3. The summed E-state index contributed by atoms with van der Waals surface area (Å²) >= 11 is 0. The average Bonchev–Trinajstić information content (AvgIpc) is 2.31. The van der Waals surface area contributed by atoms with Gasteiger partial charge >= 0.3 is 0 Å². The van der Waals surface area contributed by atoms with E-state index in [1.165, 1.54) is 13.1 Å². The molecule has 2 heterocycles. The molecule has 6 nitrogen and oxygen atoms in total. The zero-order valence-corrected chi connectivity index (χ0v) is 11.6. The fourth-order valence-electron chi connectivity index (χ4n) is 2.45. The minimum absolute atomic E-state index is 0.507. The lowest BCUT2D eigenvalue weighted by Crippen LogP contribution is -2.66. The Morgan fingerprint density at radius 3 is 2.00 bits per heavy atom. The average molecular weight is 274 g/mol. The van der Waals surface area contributed by atoms with Gasteiger partial charge in [-0.2, -0.15) is 0 Å². The van der Waals surface area contributed by atoms with Gasteiger partial charge in [0.1, 0.15) is 0 Å². The molecule has 6 heteroatoms. The first-order chi connectivity index (χ1) is 9.35. The molecule has 0 radical (unpaired) electrons. The Balaban J connectivity index is 1.28. The van der Waals surface area contributed by atoms with Gasteiger partial charge in [-0.15, -0.1) is 0 Å². The number of hydrogen-bond acceptors (Lipinski definition) is 6. The summed E-state index contributed by atoms with van der Waals surface area (Å²) in [6.07, 6.45) is 0. The molecule has 0 aromatic heterocycles. The van der Waals surface area contributed by atoms with Gasteiger partial charge < -0.3 is 24.7 Å². The quantitative estimate of drug-likeness (QED) is 0.504. The lowest BCUT2D eigenvalue weighted by Gasteiger charge is -2.55. The summed E-state index contributed by atoms with van der Waals surface area (Å²) in [5.74, 6) is 0. The highest BCUT2D eigenvalue weighted by Crippen LogP contribution is 2.36. The lowest BCUT2D eigenvalue weighted by atomic mass is 9.78. The summed E-state index contributed by atoms with van der Waals surface area (Å²) in [5, 5.41) is 0. The van der Waals surface area contributed by atoms with Gasteiger partial charge in [0.05, 0.1) is 52.9 Å². The second-order valence-electron chi connectivity index (χ2n) is 5.33. The number of likely N-dealkylation sites (tertiary alicyclic amines) is 1. The molecular weight excluding hydrogens is 248 g/mol. The van der Waals surface area contributed by atoms with Crippen LogP contribution in [0.15, 0.2) is 0 Å². The van der Waals surface area contributed by atoms with Crippen LogP contribution in [0.3, 0.4) is 0 Å². The van der Waals surface area contributed by atoms with E-state index >= 15 is 0 Å². The lowest BCUT2D eigenvalue weighted by molar-refractivity contribution is -0.191. The fraction of sp³-hybridized carbons (Fsp3) is 1.00. The second kappa shape index (κ2) is 8.14. The van der Waals surface area contributed by atoms with Crippen LogP contribution in [0.1, 0.15) is 0 Å². The second-order valence-corrected chi connectivity index (χ2v) is 5.33. The molecule has 2 N–H and O–H groups in total. The van der Waals surface area contributed by atoms with Gasteiger partial charge in [0.25, 0.3) is 0 Å².